The number of rotatable bonds is 7. The molecule has 1 aromatic rings. The third-order valence-corrected chi connectivity index (χ3v) is 4.32. The van der Waals surface area contributed by atoms with Crippen molar-refractivity contribution in [3.63, 3.8) is 0 Å². The van der Waals surface area contributed by atoms with Gasteiger partial charge in [0.25, 0.3) is 0 Å². The van der Waals surface area contributed by atoms with Crippen LogP contribution in [0.4, 0.5) is 4.39 Å². The molecule has 7 heteroatoms. The van der Waals surface area contributed by atoms with E-state index in [1.54, 1.807) is 20.2 Å². The van der Waals surface area contributed by atoms with Crippen molar-refractivity contribution in [2.24, 2.45) is 4.99 Å². The van der Waals surface area contributed by atoms with Crippen molar-refractivity contribution < 1.29 is 9.18 Å². The number of nitrogens with one attached hydrogen (secondary N) is 2. The summed E-state index contributed by atoms with van der Waals surface area (Å²) in [5, 5.41) is 6.41. The lowest BCUT2D eigenvalue weighted by atomic mass is 9.95. The molecule has 0 aromatic heterocycles. The van der Waals surface area contributed by atoms with E-state index in [2.05, 4.69) is 22.2 Å². The third-order valence-electron chi connectivity index (χ3n) is 4.32. The molecule has 0 unspecified atom stereocenters. The van der Waals surface area contributed by atoms with E-state index in [0.29, 0.717) is 19.0 Å². The molecule has 1 aliphatic rings. The number of nitrogens with zero attached hydrogens (tertiary/aromatic N) is 2. The van der Waals surface area contributed by atoms with Crippen molar-refractivity contribution in [2.45, 2.75) is 25.2 Å². The highest BCUT2D eigenvalue weighted by Gasteiger charge is 2.45. The van der Waals surface area contributed by atoms with Crippen LogP contribution in [0.3, 0.4) is 0 Å². The van der Waals surface area contributed by atoms with Crippen molar-refractivity contribution in [3.05, 3.63) is 47.8 Å². The lowest BCUT2D eigenvalue weighted by molar-refractivity contribution is -0.127. The second-order valence-corrected chi connectivity index (χ2v) is 6.88. The maximum Gasteiger partial charge on any atom is 0.243 e. The van der Waals surface area contributed by atoms with Crippen LogP contribution >= 0.6 is 24.0 Å². The van der Waals surface area contributed by atoms with Crippen LogP contribution in [0.1, 0.15) is 25.3 Å². The number of carbonyl (C=O) groups is 1. The molecule has 1 aliphatic carbocycles. The Labute approximate surface area is 172 Å². The SMILES string of the molecule is C=C(C)CNC(=NCC(=O)N(C)C)NCC1(c2ccccc2F)CC1.I. The number of amides is 1. The normalized spacial score (nSPS) is 14.8. The first kappa shape index (κ1) is 22.4. The van der Waals surface area contributed by atoms with Gasteiger partial charge in [-0.3, -0.25) is 4.79 Å². The quantitative estimate of drug-likeness (QED) is 0.277. The standard InChI is InChI=1S/C19H27FN4O.HI/c1-14(2)11-21-18(22-12-17(25)24(3)4)23-13-19(9-10-19)15-7-5-6-8-16(15)20;/h5-8H,1,9-13H2,2-4H3,(H2,21,22,23);1H. The van der Waals surface area contributed by atoms with E-state index >= 15 is 0 Å². The number of hydrogen-bond acceptors (Lipinski definition) is 2. The summed E-state index contributed by atoms with van der Waals surface area (Å²) in [6.45, 7) is 6.98. The molecule has 0 radical (unpaired) electrons. The average Bonchev–Trinajstić information content (AvgIpc) is 3.34. The van der Waals surface area contributed by atoms with E-state index in [0.717, 1.165) is 24.0 Å². The van der Waals surface area contributed by atoms with Crippen LogP contribution in [-0.2, 0) is 10.2 Å². The van der Waals surface area contributed by atoms with E-state index < -0.39 is 0 Å². The predicted molar refractivity (Wildman–Crippen MR) is 115 cm³/mol. The van der Waals surface area contributed by atoms with E-state index in [-0.39, 0.29) is 47.7 Å². The molecule has 0 saturated heterocycles. The van der Waals surface area contributed by atoms with Crippen LogP contribution in [0, 0.1) is 5.82 Å². The van der Waals surface area contributed by atoms with Gasteiger partial charge in [-0.25, -0.2) is 9.38 Å². The van der Waals surface area contributed by atoms with Crippen LogP contribution in [0.5, 0.6) is 0 Å². The second-order valence-electron chi connectivity index (χ2n) is 6.88. The van der Waals surface area contributed by atoms with Crippen molar-refractivity contribution >= 4 is 35.8 Å². The van der Waals surface area contributed by atoms with Crippen LogP contribution in [0.15, 0.2) is 41.4 Å². The summed E-state index contributed by atoms with van der Waals surface area (Å²) in [7, 11) is 3.40. The number of aliphatic imine (C=N–C) groups is 1. The fourth-order valence-electron chi connectivity index (χ4n) is 2.53. The average molecular weight is 474 g/mol. The van der Waals surface area contributed by atoms with E-state index in [1.165, 1.54) is 11.0 Å². The van der Waals surface area contributed by atoms with Gasteiger partial charge in [-0.1, -0.05) is 30.4 Å². The van der Waals surface area contributed by atoms with Crippen LogP contribution in [-0.4, -0.2) is 50.5 Å². The van der Waals surface area contributed by atoms with E-state index in [9.17, 15) is 9.18 Å². The number of likely N-dealkylation sites (N-methyl/N-ethyl adjacent to an activating group) is 1. The molecule has 0 bridgehead atoms. The van der Waals surface area contributed by atoms with Crippen molar-refractivity contribution in [3.8, 4) is 0 Å². The fourth-order valence-corrected chi connectivity index (χ4v) is 2.53. The molecule has 144 valence electrons. The highest BCUT2D eigenvalue weighted by Crippen LogP contribution is 2.48. The molecular formula is C19H28FIN4O. The molecule has 5 nitrogen and oxygen atoms in total. The Morgan fingerprint density at radius 1 is 1.31 bits per heavy atom. The molecule has 0 heterocycles. The minimum atomic E-state index is -0.192. The Hall–Kier alpha value is -1.64. The van der Waals surface area contributed by atoms with Crippen molar-refractivity contribution in [1.82, 2.24) is 15.5 Å². The molecule has 1 fully saturated rings. The Kier molecular flexibility index (Phi) is 8.52. The van der Waals surface area contributed by atoms with Gasteiger partial charge in [-0.05, 0) is 31.4 Å². The van der Waals surface area contributed by atoms with Gasteiger partial charge in [-0.2, -0.15) is 0 Å². The highest BCUT2D eigenvalue weighted by atomic mass is 127. The first-order chi connectivity index (χ1) is 11.8. The first-order valence-corrected chi connectivity index (χ1v) is 8.46. The lowest BCUT2D eigenvalue weighted by Gasteiger charge is -2.20. The summed E-state index contributed by atoms with van der Waals surface area (Å²) in [6.07, 6.45) is 1.87. The van der Waals surface area contributed by atoms with E-state index in [4.69, 9.17) is 0 Å². The molecular weight excluding hydrogens is 446 g/mol. The molecule has 0 atom stereocenters. The summed E-state index contributed by atoms with van der Waals surface area (Å²) >= 11 is 0. The van der Waals surface area contributed by atoms with E-state index in [1.807, 2.05) is 19.1 Å². The Morgan fingerprint density at radius 2 is 1.96 bits per heavy atom. The van der Waals surface area contributed by atoms with Crippen LogP contribution in [0.25, 0.3) is 0 Å². The van der Waals surface area contributed by atoms with Gasteiger partial charge >= 0.3 is 0 Å². The van der Waals surface area contributed by atoms with Crippen LogP contribution in [0.2, 0.25) is 0 Å². The molecule has 26 heavy (non-hydrogen) atoms. The number of hydrogen-bond donors (Lipinski definition) is 2. The van der Waals surface area contributed by atoms with Gasteiger partial charge in [0.1, 0.15) is 12.4 Å². The largest absolute Gasteiger partial charge is 0.355 e. The summed E-state index contributed by atoms with van der Waals surface area (Å²) in [5.41, 5.74) is 1.51. The Balaban J connectivity index is 0.00000338. The molecule has 2 rings (SSSR count). The lowest BCUT2D eigenvalue weighted by Crippen LogP contribution is -2.42. The first-order valence-electron chi connectivity index (χ1n) is 8.46. The summed E-state index contributed by atoms with van der Waals surface area (Å²) in [5.74, 6) is 0.297. The second kappa shape index (κ2) is 9.89. The predicted octanol–water partition coefficient (Wildman–Crippen LogP) is 2.67. The molecule has 0 aliphatic heterocycles. The summed E-state index contributed by atoms with van der Waals surface area (Å²) in [4.78, 5) is 17.6. The van der Waals surface area contributed by atoms with Gasteiger partial charge < -0.3 is 15.5 Å². The van der Waals surface area contributed by atoms with Gasteiger partial charge in [0.15, 0.2) is 5.96 Å². The zero-order valence-corrected chi connectivity index (χ0v) is 18.0. The Bertz CT molecular complexity index is 671. The number of halogens is 2. The zero-order chi connectivity index (χ0) is 18.4. The zero-order valence-electron chi connectivity index (χ0n) is 15.6. The summed E-state index contributed by atoms with van der Waals surface area (Å²) in [6, 6.07) is 6.91. The minimum absolute atomic E-state index is 0. The minimum Gasteiger partial charge on any atom is -0.355 e. The van der Waals surface area contributed by atoms with Crippen molar-refractivity contribution in [1.29, 1.82) is 0 Å². The molecule has 1 aromatic carbocycles. The third kappa shape index (κ3) is 6.26. The van der Waals surface area contributed by atoms with Gasteiger partial charge in [0.05, 0.1) is 0 Å². The number of benzene rings is 1. The van der Waals surface area contributed by atoms with Gasteiger partial charge in [0.2, 0.25) is 5.91 Å². The Morgan fingerprint density at radius 3 is 2.50 bits per heavy atom. The maximum absolute atomic E-state index is 14.1. The molecule has 1 saturated carbocycles. The topological polar surface area (TPSA) is 56.7 Å². The van der Waals surface area contributed by atoms with Gasteiger partial charge in [-0.15, -0.1) is 24.0 Å². The van der Waals surface area contributed by atoms with Crippen LogP contribution < -0.4 is 10.6 Å². The fraction of sp³-hybridized carbons (Fsp3) is 0.474. The smallest absolute Gasteiger partial charge is 0.243 e. The molecule has 2 N–H and O–H groups in total. The number of carbonyl (C=O) groups excluding carboxylic acids is 1. The van der Waals surface area contributed by atoms with Crippen molar-refractivity contribution in [2.75, 3.05) is 33.7 Å². The monoisotopic (exact) mass is 474 g/mol. The summed E-state index contributed by atoms with van der Waals surface area (Å²) < 4.78 is 14.1. The highest BCUT2D eigenvalue weighted by molar-refractivity contribution is 14.0. The van der Waals surface area contributed by atoms with Gasteiger partial charge in [0, 0.05) is 32.6 Å². The molecule has 1 amide bonds. The maximum atomic E-state index is 14.1. The molecule has 0 spiro atoms. The number of guanidine groups is 1.